The van der Waals surface area contributed by atoms with E-state index in [2.05, 4.69) is 33.1 Å². The molecule has 0 radical (unpaired) electrons. The number of benzene rings is 2. The Morgan fingerprint density at radius 1 is 1.20 bits per heavy atom. The third-order valence-corrected chi connectivity index (χ3v) is 4.51. The van der Waals surface area contributed by atoms with Crippen LogP contribution in [0.15, 0.2) is 42.5 Å². The van der Waals surface area contributed by atoms with Gasteiger partial charge in [-0.15, -0.1) is 0 Å². The molecule has 0 aliphatic carbocycles. The van der Waals surface area contributed by atoms with Gasteiger partial charge in [-0.25, -0.2) is 4.98 Å². The average Bonchev–Trinajstić information content (AvgIpc) is 3.28. The monoisotopic (exact) mass is 335 g/mol. The van der Waals surface area contributed by atoms with Crippen LogP contribution < -0.4 is 15.4 Å². The molecule has 4 rings (SSSR count). The van der Waals surface area contributed by atoms with Gasteiger partial charge in [0.25, 0.3) is 0 Å². The quantitative estimate of drug-likeness (QED) is 0.494. The highest BCUT2D eigenvalue weighted by molar-refractivity contribution is 5.95. The van der Waals surface area contributed by atoms with E-state index < -0.39 is 0 Å². The zero-order valence-corrected chi connectivity index (χ0v) is 14.0. The summed E-state index contributed by atoms with van der Waals surface area (Å²) in [5, 5.41) is 7.49. The second-order valence-corrected chi connectivity index (χ2v) is 6.31. The molecule has 0 atom stereocenters. The van der Waals surface area contributed by atoms with Crippen LogP contribution in [-0.2, 0) is 6.61 Å². The van der Waals surface area contributed by atoms with Gasteiger partial charge in [-0.1, -0.05) is 12.1 Å². The van der Waals surface area contributed by atoms with E-state index in [0.29, 0.717) is 17.9 Å². The topological polar surface area (TPSA) is 91.0 Å². The van der Waals surface area contributed by atoms with Crippen LogP contribution in [0, 0.1) is 5.41 Å². The fourth-order valence-electron chi connectivity index (χ4n) is 3.20. The number of aromatic nitrogens is 2. The highest BCUT2D eigenvalue weighted by Gasteiger charge is 2.13. The van der Waals surface area contributed by atoms with Gasteiger partial charge in [0.2, 0.25) is 0 Å². The molecule has 0 unspecified atom stereocenters. The van der Waals surface area contributed by atoms with Gasteiger partial charge in [-0.3, -0.25) is 5.41 Å². The molecule has 1 aliphatic rings. The molecule has 1 aliphatic heterocycles. The van der Waals surface area contributed by atoms with Gasteiger partial charge in [0.1, 0.15) is 24.0 Å². The Bertz CT molecular complexity index is 911. The maximum absolute atomic E-state index is 7.49. The van der Waals surface area contributed by atoms with E-state index in [1.54, 1.807) is 12.1 Å². The fourth-order valence-corrected chi connectivity index (χ4v) is 3.20. The number of hydrogen-bond donors (Lipinski definition) is 3. The summed E-state index contributed by atoms with van der Waals surface area (Å²) < 4.78 is 5.79. The molecule has 0 bridgehead atoms. The van der Waals surface area contributed by atoms with E-state index in [1.807, 2.05) is 12.1 Å². The van der Waals surface area contributed by atoms with E-state index in [9.17, 15) is 0 Å². The van der Waals surface area contributed by atoms with Crippen LogP contribution >= 0.6 is 0 Å². The van der Waals surface area contributed by atoms with Crippen LogP contribution in [0.25, 0.3) is 11.0 Å². The number of ether oxygens (including phenoxy) is 1. The number of anilines is 1. The van der Waals surface area contributed by atoms with Crippen molar-refractivity contribution in [3.63, 3.8) is 0 Å². The minimum atomic E-state index is 0.0311. The molecule has 2 heterocycles. The molecular formula is C19H21N5O. The minimum absolute atomic E-state index is 0.0311. The first-order chi connectivity index (χ1) is 12.2. The lowest BCUT2D eigenvalue weighted by atomic mass is 10.2. The third kappa shape index (κ3) is 3.28. The molecule has 3 aromatic rings. The Morgan fingerprint density at radius 2 is 2.04 bits per heavy atom. The molecule has 0 saturated carbocycles. The van der Waals surface area contributed by atoms with Crippen molar-refractivity contribution >= 4 is 22.6 Å². The van der Waals surface area contributed by atoms with Crippen molar-refractivity contribution in [2.24, 2.45) is 5.73 Å². The predicted octanol–water partition coefficient (Wildman–Crippen LogP) is 3.03. The summed E-state index contributed by atoms with van der Waals surface area (Å²) in [6, 6.07) is 13.6. The van der Waals surface area contributed by atoms with Crippen molar-refractivity contribution in [2.75, 3.05) is 18.0 Å². The highest BCUT2D eigenvalue weighted by Crippen LogP contribution is 2.24. The smallest absolute Gasteiger partial charge is 0.146 e. The first-order valence-corrected chi connectivity index (χ1v) is 8.50. The third-order valence-electron chi connectivity index (χ3n) is 4.51. The summed E-state index contributed by atoms with van der Waals surface area (Å²) >= 11 is 0. The van der Waals surface area contributed by atoms with Crippen molar-refractivity contribution in [3.05, 3.63) is 53.9 Å². The number of fused-ring (bicyclic) bond motifs is 1. The molecule has 1 saturated heterocycles. The standard InChI is InChI=1S/C19H21N5O/c20-19(21)13-4-3-5-15(10-13)25-12-18-22-16-7-6-14(11-17(16)23-18)24-8-1-2-9-24/h3-7,10-11H,1-2,8-9,12H2,(H3,20,21)(H,22,23). The second kappa shape index (κ2) is 6.47. The summed E-state index contributed by atoms with van der Waals surface area (Å²) in [7, 11) is 0. The van der Waals surface area contributed by atoms with E-state index in [4.69, 9.17) is 15.9 Å². The van der Waals surface area contributed by atoms with Gasteiger partial charge in [0.05, 0.1) is 11.0 Å². The number of imidazole rings is 1. The van der Waals surface area contributed by atoms with Gasteiger partial charge < -0.3 is 20.4 Å². The number of aromatic amines is 1. The Balaban J connectivity index is 1.50. The summed E-state index contributed by atoms with van der Waals surface area (Å²) in [4.78, 5) is 10.3. The Hall–Kier alpha value is -3.02. The van der Waals surface area contributed by atoms with Gasteiger partial charge in [0, 0.05) is 24.3 Å². The largest absolute Gasteiger partial charge is 0.486 e. The zero-order chi connectivity index (χ0) is 17.2. The van der Waals surface area contributed by atoms with Gasteiger partial charge in [0.15, 0.2) is 0 Å². The van der Waals surface area contributed by atoms with Crippen LogP contribution in [-0.4, -0.2) is 28.9 Å². The molecule has 2 aromatic carbocycles. The Morgan fingerprint density at radius 3 is 2.84 bits per heavy atom. The molecule has 6 nitrogen and oxygen atoms in total. The second-order valence-electron chi connectivity index (χ2n) is 6.31. The minimum Gasteiger partial charge on any atom is -0.486 e. The van der Waals surface area contributed by atoms with Crippen molar-refractivity contribution in [1.82, 2.24) is 9.97 Å². The van der Waals surface area contributed by atoms with Crippen LogP contribution in [0.2, 0.25) is 0 Å². The first kappa shape index (κ1) is 15.5. The van der Waals surface area contributed by atoms with E-state index in [0.717, 1.165) is 29.9 Å². The van der Waals surface area contributed by atoms with Crippen molar-refractivity contribution in [1.29, 1.82) is 5.41 Å². The highest BCUT2D eigenvalue weighted by atomic mass is 16.5. The molecule has 0 amide bonds. The van der Waals surface area contributed by atoms with E-state index in [1.165, 1.54) is 18.5 Å². The van der Waals surface area contributed by atoms with Gasteiger partial charge >= 0.3 is 0 Å². The Kier molecular flexibility index (Phi) is 4.01. The number of H-pyrrole nitrogens is 1. The molecule has 6 heteroatoms. The average molecular weight is 335 g/mol. The number of nitrogens with zero attached hydrogens (tertiary/aromatic N) is 2. The zero-order valence-electron chi connectivity index (χ0n) is 14.0. The maximum atomic E-state index is 7.49. The van der Waals surface area contributed by atoms with Crippen LogP contribution in [0.3, 0.4) is 0 Å². The van der Waals surface area contributed by atoms with Crippen LogP contribution in [0.1, 0.15) is 24.2 Å². The summed E-state index contributed by atoms with van der Waals surface area (Å²) in [5.41, 5.74) is 9.38. The number of rotatable bonds is 5. The van der Waals surface area contributed by atoms with E-state index >= 15 is 0 Å². The van der Waals surface area contributed by atoms with Gasteiger partial charge in [-0.05, 0) is 43.2 Å². The van der Waals surface area contributed by atoms with Gasteiger partial charge in [-0.2, -0.15) is 0 Å². The van der Waals surface area contributed by atoms with Crippen molar-refractivity contribution in [2.45, 2.75) is 19.4 Å². The van der Waals surface area contributed by atoms with Crippen molar-refractivity contribution in [3.8, 4) is 5.75 Å². The lowest BCUT2D eigenvalue weighted by Crippen LogP contribution is -2.17. The maximum Gasteiger partial charge on any atom is 0.146 e. The summed E-state index contributed by atoms with van der Waals surface area (Å²) in [6.07, 6.45) is 2.53. The van der Waals surface area contributed by atoms with Crippen LogP contribution in [0.5, 0.6) is 5.75 Å². The first-order valence-electron chi connectivity index (χ1n) is 8.50. The molecule has 4 N–H and O–H groups in total. The molecular weight excluding hydrogens is 314 g/mol. The van der Waals surface area contributed by atoms with Crippen LogP contribution in [0.4, 0.5) is 5.69 Å². The number of nitrogens with two attached hydrogens (primary N) is 1. The SMILES string of the molecule is N=C(N)c1cccc(OCc2nc3ccc(N4CCCC4)cc3[nH]2)c1. The lowest BCUT2D eigenvalue weighted by Gasteiger charge is -2.17. The lowest BCUT2D eigenvalue weighted by molar-refractivity contribution is 0.297. The van der Waals surface area contributed by atoms with E-state index in [-0.39, 0.29) is 5.84 Å². The molecule has 1 aromatic heterocycles. The molecule has 0 spiro atoms. The Labute approximate surface area is 146 Å². The summed E-state index contributed by atoms with van der Waals surface area (Å²) in [6.45, 7) is 2.60. The predicted molar refractivity (Wildman–Crippen MR) is 99.3 cm³/mol. The fraction of sp³-hybridized carbons (Fsp3) is 0.263. The summed E-state index contributed by atoms with van der Waals surface area (Å²) in [5.74, 6) is 1.48. The number of nitrogen functional groups attached to an aromatic ring is 1. The molecule has 1 fully saturated rings. The number of nitrogens with one attached hydrogen (secondary N) is 2. The molecule has 25 heavy (non-hydrogen) atoms. The number of amidine groups is 1. The molecule has 128 valence electrons. The number of hydrogen-bond acceptors (Lipinski definition) is 4. The normalized spacial score (nSPS) is 14.2. The van der Waals surface area contributed by atoms with Crippen molar-refractivity contribution < 1.29 is 4.74 Å².